The van der Waals surface area contributed by atoms with Crippen molar-refractivity contribution < 1.29 is 4.74 Å². The van der Waals surface area contributed by atoms with Crippen molar-refractivity contribution in [2.75, 3.05) is 11.9 Å². The van der Waals surface area contributed by atoms with E-state index < -0.39 is 0 Å². The molecule has 0 fully saturated rings. The summed E-state index contributed by atoms with van der Waals surface area (Å²) in [6, 6.07) is 16.4. The molecule has 3 rings (SSSR count). The van der Waals surface area contributed by atoms with Crippen LogP contribution in [-0.4, -0.2) is 11.7 Å². The smallest absolute Gasteiger partial charge is 0.171 e. The minimum atomic E-state index is 0.193. The van der Waals surface area contributed by atoms with Crippen LogP contribution in [0.3, 0.4) is 0 Å². The van der Waals surface area contributed by atoms with Gasteiger partial charge in [0.15, 0.2) is 5.11 Å². The Morgan fingerprint density at radius 3 is 2.76 bits per heavy atom. The second-order valence-corrected chi connectivity index (χ2v) is 5.55. The van der Waals surface area contributed by atoms with Crippen LogP contribution >= 0.6 is 12.2 Å². The molecule has 0 radical (unpaired) electrons. The van der Waals surface area contributed by atoms with Crippen LogP contribution in [0.4, 0.5) is 5.69 Å². The van der Waals surface area contributed by atoms with E-state index in [1.54, 1.807) is 0 Å². The van der Waals surface area contributed by atoms with Crippen molar-refractivity contribution in [3.05, 3.63) is 59.7 Å². The van der Waals surface area contributed by atoms with Crippen molar-refractivity contribution in [2.24, 2.45) is 0 Å². The number of para-hydroxylation sites is 2. The Hall–Kier alpha value is -2.07. The number of nitrogens with one attached hydrogen (secondary N) is 2. The molecule has 0 spiro atoms. The number of hydrogen-bond acceptors (Lipinski definition) is 2. The van der Waals surface area contributed by atoms with Crippen LogP contribution in [0, 0.1) is 6.92 Å². The third kappa shape index (κ3) is 3.16. The lowest BCUT2D eigenvalue weighted by Gasteiger charge is -2.27. The van der Waals surface area contributed by atoms with E-state index in [0.717, 1.165) is 23.4 Å². The van der Waals surface area contributed by atoms with Gasteiger partial charge in [0.2, 0.25) is 0 Å². The highest BCUT2D eigenvalue weighted by molar-refractivity contribution is 7.80. The minimum absolute atomic E-state index is 0.193. The number of hydrogen-bond donors (Lipinski definition) is 2. The molecule has 1 aliphatic rings. The molecule has 0 aromatic heterocycles. The Balaban J connectivity index is 1.70. The first-order chi connectivity index (χ1) is 10.2. The zero-order valence-electron chi connectivity index (χ0n) is 11.9. The van der Waals surface area contributed by atoms with Gasteiger partial charge in [-0.1, -0.05) is 36.4 Å². The van der Waals surface area contributed by atoms with E-state index in [4.69, 9.17) is 17.0 Å². The largest absolute Gasteiger partial charge is 0.493 e. The van der Waals surface area contributed by atoms with E-state index in [1.807, 2.05) is 36.4 Å². The van der Waals surface area contributed by atoms with Gasteiger partial charge in [-0.25, -0.2) is 0 Å². The van der Waals surface area contributed by atoms with E-state index in [1.165, 1.54) is 5.56 Å². The van der Waals surface area contributed by atoms with Gasteiger partial charge in [-0.15, -0.1) is 0 Å². The molecule has 1 atom stereocenters. The molecule has 21 heavy (non-hydrogen) atoms. The molecule has 0 saturated carbocycles. The number of thiocarbonyl (C=S) groups is 1. The minimum Gasteiger partial charge on any atom is -0.493 e. The third-order valence-electron chi connectivity index (χ3n) is 3.66. The Morgan fingerprint density at radius 1 is 1.14 bits per heavy atom. The SMILES string of the molecule is Cc1ccccc1NC(=S)N[C@H]1CCOc2ccccc21. The molecule has 0 bridgehead atoms. The van der Waals surface area contributed by atoms with Gasteiger partial charge in [-0.3, -0.25) is 0 Å². The van der Waals surface area contributed by atoms with Crippen molar-refractivity contribution in [3.63, 3.8) is 0 Å². The molecular weight excluding hydrogens is 280 g/mol. The van der Waals surface area contributed by atoms with E-state index >= 15 is 0 Å². The van der Waals surface area contributed by atoms with Crippen molar-refractivity contribution >= 4 is 23.0 Å². The number of anilines is 1. The molecule has 1 heterocycles. The molecule has 108 valence electrons. The summed E-state index contributed by atoms with van der Waals surface area (Å²) in [6.07, 6.45) is 0.909. The van der Waals surface area contributed by atoms with Gasteiger partial charge in [-0.05, 0) is 36.8 Å². The topological polar surface area (TPSA) is 33.3 Å². The maximum Gasteiger partial charge on any atom is 0.171 e. The zero-order chi connectivity index (χ0) is 14.7. The fraction of sp³-hybridized carbons (Fsp3) is 0.235. The maximum absolute atomic E-state index is 5.67. The maximum atomic E-state index is 5.67. The molecule has 4 heteroatoms. The van der Waals surface area contributed by atoms with Gasteiger partial charge >= 0.3 is 0 Å². The highest BCUT2D eigenvalue weighted by atomic mass is 32.1. The second kappa shape index (κ2) is 6.14. The zero-order valence-corrected chi connectivity index (χ0v) is 12.7. The van der Waals surface area contributed by atoms with Crippen LogP contribution in [0.15, 0.2) is 48.5 Å². The quantitative estimate of drug-likeness (QED) is 0.826. The fourth-order valence-corrected chi connectivity index (χ4v) is 2.77. The summed E-state index contributed by atoms with van der Waals surface area (Å²) in [4.78, 5) is 0. The standard InChI is InChI=1S/C17H18N2OS/c1-12-6-2-4-8-14(12)18-17(21)19-15-10-11-20-16-9-5-3-7-13(15)16/h2-9,15H,10-11H2,1H3,(H2,18,19,21)/t15-/m0/s1. The summed E-state index contributed by atoms with van der Waals surface area (Å²) >= 11 is 5.44. The lowest BCUT2D eigenvalue weighted by Crippen LogP contribution is -2.35. The van der Waals surface area contributed by atoms with Crippen LogP contribution < -0.4 is 15.4 Å². The van der Waals surface area contributed by atoms with Crippen LogP contribution in [0.2, 0.25) is 0 Å². The lowest BCUT2D eigenvalue weighted by molar-refractivity contribution is 0.262. The van der Waals surface area contributed by atoms with Crippen molar-refractivity contribution in [3.8, 4) is 5.75 Å². The number of rotatable bonds is 2. The number of benzene rings is 2. The van der Waals surface area contributed by atoms with Crippen LogP contribution in [-0.2, 0) is 0 Å². The number of ether oxygens (including phenoxy) is 1. The number of fused-ring (bicyclic) bond motifs is 1. The first-order valence-corrected chi connectivity index (χ1v) is 7.50. The van der Waals surface area contributed by atoms with Gasteiger partial charge in [0.1, 0.15) is 5.75 Å². The van der Waals surface area contributed by atoms with Gasteiger partial charge in [0.25, 0.3) is 0 Å². The highest BCUT2D eigenvalue weighted by Gasteiger charge is 2.21. The second-order valence-electron chi connectivity index (χ2n) is 5.14. The molecule has 1 aliphatic heterocycles. The van der Waals surface area contributed by atoms with Gasteiger partial charge in [0, 0.05) is 17.7 Å². The van der Waals surface area contributed by atoms with E-state index in [2.05, 4.69) is 29.7 Å². The molecule has 2 aromatic carbocycles. The predicted molar refractivity (Wildman–Crippen MR) is 89.8 cm³/mol. The third-order valence-corrected chi connectivity index (χ3v) is 3.88. The van der Waals surface area contributed by atoms with Crippen molar-refractivity contribution in [1.29, 1.82) is 0 Å². The van der Waals surface area contributed by atoms with E-state index in [-0.39, 0.29) is 6.04 Å². The summed E-state index contributed by atoms with van der Waals surface area (Å²) in [7, 11) is 0. The lowest BCUT2D eigenvalue weighted by atomic mass is 10.0. The molecular formula is C17H18N2OS. The average Bonchev–Trinajstić information content (AvgIpc) is 2.50. The monoisotopic (exact) mass is 298 g/mol. The summed E-state index contributed by atoms with van der Waals surface area (Å²) in [5.74, 6) is 0.944. The Kier molecular flexibility index (Phi) is 4.06. The van der Waals surface area contributed by atoms with Gasteiger partial charge < -0.3 is 15.4 Å². The van der Waals surface area contributed by atoms with Crippen molar-refractivity contribution in [1.82, 2.24) is 5.32 Å². The molecule has 0 saturated heterocycles. The molecule has 0 aliphatic carbocycles. The summed E-state index contributed by atoms with van der Waals surface area (Å²) in [6.45, 7) is 2.77. The molecule has 2 aromatic rings. The highest BCUT2D eigenvalue weighted by Crippen LogP contribution is 2.31. The Labute approximate surface area is 130 Å². The number of aryl methyl sites for hydroxylation is 1. The summed E-state index contributed by atoms with van der Waals surface area (Å²) in [5.41, 5.74) is 3.38. The Bertz CT molecular complexity index is 657. The van der Waals surface area contributed by atoms with Crippen LogP contribution in [0.5, 0.6) is 5.75 Å². The molecule has 0 amide bonds. The van der Waals surface area contributed by atoms with Gasteiger partial charge in [0.05, 0.1) is 12.6 Å². The van der Waals surface area contributed by atoms with Crippen molar-refractivity contribution in [2.45, 2.75) is 19.4 Å². The molecule has 3 nitrogen and oxygen atoms in total. The van der Waals surface area contributed by atoms with E-state index in [9.17, 15) is 0 Å². The summed E-state index contributed by atoms with van der Waals surface area (Å²) in [5, 5.41) is 7.30. The first kappa shape index (κ1) is 13.9. The van der Waals surface area contributed by atoms with Crippen LogP contribution in [0.25, 0.3) is 0 Å². The summed E-state index contributed by atoms with van der Waals surface area (Å²) < 4.78 is 5.67. The molecule has 2 N–H and O–H groups in total. The van der Waals surface area contributed by atoms with Crippen LogP contribution in [0.1, 0.15) is 23.6 Å². The van der Waals surface area contributed by atoms with Gasteiger partial charge in [-0.2, -0.15) is 0 Å². The first-order valence-electron chi connectivity index (χ1n) is 7.09. The Morgan fingerprint density at radius 2 is 1.90 bits per heavy atom. The normalized spacial score (nSPS) is 16.5. The van der Waals surface area contributed by atoms with E-state index in [0.29, 0.717) is 11.7 Å². The average molecular weight is 298 g/mol. The molecule has 0 unspecified atom stereocenters. The predicted octanol–water partition coefficient (Wildman–Crippen LogP) is 3.81. The fourth-order valence-electron chi connectivity index (χ4n) is 2.52.